The highest BCUT2D eigenvalue weighted by molar-refractivity contribution is 5.85. The zero-order chi connectivity index (χ0) is 14.7. The van der Waals surface area contributed by atoms with Gasteiger partial charge in [0.05, 0.1) is 6.42 Å². The first-order chi connectivity index (χ1) is 9.49. The van der Waals surface area contributed by atoms with Crippen LogP contribution in [-0.2, 0) is 16.0 Å². The Hall–Kier alpha value is -1.91. The summed E-state index contributed by atoms with van der Waals surface area (Å²) in [6.07, 6.45) is 1.15. The average molecular weight is 279 g/mol. The molecule has 20 heavy (non-hydrogen) atoms. The van der Waals surface area contributed by atoms with Gasteiger partial charge in [-0.2, -0.15) is 0 Å². The molecule has 5 heteroatoms. The molecule has 1 aliphatic rings. The van der Waals surface area contributed by atoms with Crippen LogP contribution < -0.4 is 0 Å². The molecule has 0 spiro atoms. The highest BCUT2D eigenvalue weighted by Gasteiger charge is 2.34. The molecule has 1 aromatic rings. The van der Waals surface area contributed by atoms with Gasteiger partial charge in [-0.05, 0) is 30.4 Å². The first kappa shape index (κ1) is 14.5. The number of likely N-dealkylation sites (tertiary alicyclic amines) is 1. The first-order valence-electron chi connectivity index (χ1n) is 6.74. The molecule has 1 saturated heterocycles. The van der Waals surface area contributed by atoms with Crippen molar-refractivity contribution in [2.45, 2.75) is 32.2 Å². The van der Waals surface area contributed by atoms with Crippen molar-refractivity contribution in [1.29, 1.82) is 0 Å². The second kappa shape index (κ2) is 6.03. The smallest absolute Gasteiger partial charge is 0.326 e. The van der Waals surface area contributed by atoms with Gasteiger partial charge in [-0.3, -0.25) is 4.79 Å². The molecule has 2 unspecified atom stereocenters. The molecule has 0 aromatic heterocycles. The van der Waals surface area contributed by atoms with Gasteiger partial charge >= 0.3 is 5.97 Å². The maximum Gasteiger partial charge on any atom is 0.326 e. The lowest BCUT2D eigenvalue weighted by molar-refractivity contribution is -0.152. The highest BCUT2D eigenvalue weighted by atomic mass is 19.1. The summed E-state index contributed by atoms with van der Waals surface area (Å²) in [6, 6.07) is 5.29. The Morgan fingerprint density at radius 3 is 2.75 bits per heavy atom. The number of benzene rings is 1. The van der Waals surface area contributed by atoms with E-state index < -0.39 is 17.8 Å². The number of nitrogens with zero attached hydrogens (tertiary/aromatic N) is 1. The summed E-state index contributed by atoms with van der Waals surface area (Å²) in [5, 5.41) is 9.23. The van der Waals surface area contributed by atoms with E-state index in [0.717, 1.165) is 6.42 Å². The van der Waals surface area contributed by atoms with Crippen LogP contribution in [0.2, 0.25) is 0 Å². The fraction of sp³-hybridized carbons (Fsp3) is 0.467. The number of amides is 1. The molecule has 1 N–H and O–H groups in total. The number of aliphatic carboxylic acids is 1. The molecule has 108 valence electrons. The van der Waals surface area contributed by atoms with Gasteiger partial charge in [0.2, 0.25) is 5.91 Å². The number of rotatable bonds is 3. The first-order valence-corrected chi connectivity index (χ1v) is 6.74. The summed E-state index contributed by atoms with van der Waals surface area (Å²) in [7, 11) is 0. The summed E-state index contributed by atoms with van der Waals surface area (Å²) >= 11 is 0. The predicted molar refractivity (Wildman–Crippen MR) is 71.6 cm³/mol. The van der Waals surface area contributed by atoms with Gasteiger partial charge in [-0.25, -0.2) is 9.18 Å². The van der Waals surface area contributed by atoms with E-state index in [2.05, 4.69) is 0 Å². The third-order valence-corrected chi connectivity index (χ3v) is 3.77. The summed E-state index contributed by atoms with van der Waals surface area (Å²) in [4.78, 5) is 24.9. The Bertz CT molecular complexity index is 518. The minimum Gasteiger partial charge on any atom is -0.480 e. The number of halogens is 1. The van der Waals surface area contributed by atoms with E-state index in [1.165, 1.54) is 11.0 Å². The number of hydrogen-bond donors (Lipinski definition) is 1. The topological polar surface area (TPSA) is 57.6 Å². The van der Waals surface area contributed by atoms with Gasteiger partial charge in [-0.15, -0.1) is 0 Å². The molecule has 1 aliphatic heterocycles. The molecule has 1 fully saturated rings. The molecule has 0 bridgehead atoms. The second-order valence-corrected chi connectivity index (χ2v) is 5.34. The average Bonchev–Trinajstić information content (AvgIpc) is 2.41. The molecule has 1 heterocycles. The van der Waals surface area contributed by atoms with Crippen molar-refractivity contribution in [2.24, 2.45) is 5.92 Å². The third kappa shape index (κ3) is 3.15. The van der Waals surface area contributed by atoms with E-state index in [0.29, 0.717) is 18.5 Å². The zero-order valence-corrected chi connectivity index (χ0v) is 11.4. The van der Waals surface area contributed by atoms with Crippen molar-refractivity contribution < 1.29 is 19.1 Å². The van der Waals surface area contributed by atoms with E-state index in [9.17, 15) is 19.1 Å². The molecule has 2 atom stereocenters. The van der Waals surface area contributed by atoms with Crippen LogP contribution in [0.25, 0.3) is 0 Å². The van der Waals surface area contributed by atoms with Gasteiger partial charge < -0.3 is 10.0 Å². The normalized spacial score (nSPS) is 22.6. The van der Waals surface area contributed by atoms with Crippen LogP contribution in [0.5, 0.6) is 0 Å². The van der Waals surface area contributed by atoms with Crippen LogP contribution in [0, 0.1) is 11.7 Å². The predicted octanol–water partition coefficient (Wildman–Crippen LogP) is 2.08. The van der Waals surface area contributed by atoms with E-state index in [-0.39, 0.29) is 18.2 Å². The Labute approximate surface area is 117 Å². The van der Waals surface area contributed by atoms with Crippen molar-refractivity contribution in [3.63, 3.8) is 0 Å². The van der Waals surface area contributed by atoms with Crippen LogP contribution in [0.15, 0.2) is 24.3 Å². The Morgan fingerprint density at radius 2 is 2.10 bits per heavy atom. The van der Waals surface area contributed by atoms with E-state index in [4.69, 9.17) is 0 Å². The van der Waals surface area contributed by atoms with Crippen LogP contribution in [-0.4, -0.2) is 34.5 Å². The molecule has 2 rings (SSSR count). The van der Waals surface area contributed by atoms with Gasteiger partial charge in [0.15, 0.2) is 0 Å². The van der Waals surface area contributed by atoms with Crippen LogP contribution in [0.3, 0.4) is 0 Å². The summed E-state index contributed by atoms with van der Waals surface area (Å²) in [6.45, 7) is 2.40. The minimum absolute atomic E-state index is 0.0924. The number of piperidine rings is 1. The molecule has 0 aliphatic carbocycles. The monoisotopic (exact) mass is 279 g/mol. The standard InChI is InChI=1S/C15H18FNO3/c1-10-6-7-17(13(8-10)15(19)20)14(18)9-11-4-2-3-5-12(11)16/h2-5,10,13H,6-9H2,1H3,(H,19,20). The molecular weight excluding hydrogens is 261 g/mol. The lowest BCUT2D eigenvalue weighted by Gasteiger charge is -2.36. The maximum atomic E-state index is 13.5. The van der Waals surface area contributed by atoms with Gasteiger partial charge in [0, 0.05) is 6.54 Å². The SMILES string of the molecule is CC1CCN(C(=O)Cc2ccccc2F)C(C(=O)O)C1. The number of carboxylic acids is 1. The fourth-order valence-corrected chi connectivity index (χ4v) is 2.58. The fourth-order valence-electron chi connectivity index (χ4n) is 2.58. The number of carboxylic acid groups (broad SMARTS) is 1. The molecule has 1 aromatic carbocycles. The number of carbonyl (C=O) groups excluding carboxylic acids is 1. The lowest BCUT2D eigenvalue weighted by Crippen LogP contribution is -2.50. The molecule has 1 amide bonds. The second-order valence-electron chi connectivity index (χ2n) is 5.34. The van der Waals surface area contributed by atoms with Gasteiger partial charge in [0.1, 0.15) is 11.9 Å². The highest BCUT2D eigenvalue weighted by Crippen LogP contribution is 2.23. The van der Waals surface area contributed by atoms with E-state index >= 15 is 0 Å². The van der Waals surface area contributed by atoms with Crippen LogP contribution >= 0.6 is 0 Å². The summed E-state index contributed by atoms with van der Waals surface area (Å²) in [5.41, 5.74) is 0.306. The molecule has 4 nitrogen and oxygen atoms in total. The molecular formula is C15H18FNO3. The number of hydrogen-bond acceptors (Lipinski definition) is 2. The van der Waals surface area contributed by atoms with Crippen molar-refractivity contribution in [3.05, 3.63) is 35.6 Å². The molecule has 0 radical (unpaired) electrons. The third-order valence-electron chi connectivity index (χ3n) is 3.77. The van der Waals surface area contributed by atoms with Crippen molar-refractivity contribution >= 4 is 11.9 Å². The lowest BCUT2D eigenvalue weighted by atomic mass is 9.92. The quantitative estimate of drug-likeness (QED) is 0.921. The Kier molecular flexibility index (Phi) is 4.37. The Morgan fingerprint density at radius 1 is 1.40 bits per heavy atom. The van der Waals surface area contributed by atoms with E-state index in [1.54, 1.807) is 18.2 Å². The van der Waals surface area contributed by atoms with Crippen LogP contribution in [0.4, 0.5) is 4.39 Å². The van der Waals surface area contributed by atoms with Crippen molar-refractivity contribution in [2.75, 3.05) is 6.54 Å². The van der Waals surface area contributed by atoms with Crippen molar-refractivity contribution in [3.8, 4) is 0 Å². The minimum atomic E-state index is -0.988. The van der Waals surface area contributed by atoms with Crippen molar-refractivity contribution in [1.82, 2.24) is 4.90 Å². The van der Waals surface area contributed by atoms with Gasteiger partial charge in [0.25, 0.3) is 0 Å². The van der Waals surface area contributed by atoms with E-state index in [1.807, 2.05) is 6.92 Å². The van der Waals surface area contributed by atoms with Crippen LogP contribution in [0.1, 0.15) is 25.3 Å². The summed E-state index contributed by atoms with van der Waals surface area (Å²) in [5.74, 6) is -1.46. The summed E-state index contributed by atoms with van der Waals surface area (Å²) < 4.78 is 13.5. The van der Waals surface area contributed by atoms with Gasteiger partial charge in [-0.1, -0.05) is 25.1 Å². The largest absolute Gasteiger partial charge is 0.480 e. The molecule has 0 saturated carbocycles. The maximum absolute atomic E-state index is 13.5. The number of carbonyl (C=O) groups is 2. The Balaban J connectivity index is 2.11. The zero-order valence-electron chi connectivity index (χ0n) is 11.4.